The first-order chi connectivity index (χ1) is 16.5. The molecule has 0 bridgehead atoms. The normalized spacial score (nSPS) is 11.5. The lowest BCUT2D eigenvalue weighted by molar-refractivity contribution is -0.140. The van der Waals surface area contributed by atoms with Gasteiger partial charge in [-0.3, -0.25) is 9.59 Å². The van der Waals surface area contributed by atoms with Crippen LogP contribution in [0.1, 0.15) is 12.0 Å². The number of aryl methyl sites for hydroxylation is 1. The zero-order chi connectivity index (χ0) is 26.0. The molecule has 35 heavy (non-hydrogen) atoms. The maximum atomic E-state index is 12.6. The van der Waals surface area contributed by atoms with Gasteiger partial charge in [0.1, 0.15) is 29.5 Å². The molecule has 2 aromatic rings. The Morgan fingerprint density at radius 1 is 1.11 bits per heavy atom. The van der Waals surface area contributed by atoms with Crippen molar-refractivity contribution >= 4 is 39.6 Å². The van der Waals surface area contributed by atoms with E-state index < -0.39 is 35.1 Å². The van der Waals surface area contributed by atoms with Gasteiger partial charge in [0.05, 0.1) is 11.6 Å². The third-order valence-electron chi connectivity index (χ3n) is 4.21. The number of aliphatic carboxylic acids is 2. The van der Waals surface area contributed by atoms with E-state index in [1.165, 1.54) is 24.3 Å². The van der Waals surface area contributed by atoms with Crippen LogP contribution in [0.2, 0.25) is 5.02 Å². The van der Waals surface area contributed by atoms with Gasteiger partial charge in [-0.25, -0.2) is 0 Å². The molecular weight excluding hydrogens is 504 g/mol. The minimum atomic E-state index is -4.14. The lowest BCUT2D eigenvalue weighted by Crippen LogP contribution is -2.44. The Labute approximate surface area is 207 Å². The number of hydrogen-bond donors (Lipinski definition) is 4. The standard InChI is InChI=1S/C21H25ClN4O8S/c1-14-9-15(11-16(10-14)34-35(31,32)18-6-3-2-5-17(18)22)33-8-4-7-24-25-21(23)26(12-19(27)28)13-20(29)30/h2-3,5-6,9-11,24H,4,7-8,12-13H2,1H3,(H2,23,25)(H,27,28)(H,29,30). The summed E-state index contributed by atoms with van der Waals surface area (Å²) in [5.41, 5.74) is 8.96. The first kappa shape index (κ1) is 27.5. The second kappa shape index (κ2) is 12.7. The fourth-order valence-corrected chi connectivity index (χ4v) is 4.17. The lowest BCUT2D eigenvalue weighted by atomic mass is 10.2. The molecule has 190 valence electrons. The number of guanidine groups is 1. The zero-order valence-electron chi connectivity index (χ0n) is 18.7. The number of benzene rings is 2. The second-order valence-electron chi connectivity index (χ2n) is 7.17. The van der Waals surface area contributed by atoms with Crippen LogP contribution in [0, 0.1) is 6.92 Å². The number of nitrogens with zero attached hydrogens (tertiary/aromatic N) is 2. The van der Waals surface area contributed by atoms with Crippen molar-refractivity contribution in [2.75, 3.05) is 26.2 Å². The van der Waals surface area contributed by atoms with Crippen molar-refractivity contribution in [3.05, 3.63) is 53.1 Å². The molecule has 0 aromatic heterocycles. The van der Waals surface area contributed by atoms with Crippen LogP contribution in [0.25, 0.3) is 0 Å². The summed E-state index contributed by atoms with van der Waals surface area (Å²) in [7, 11) is -4.14. The first-order valence-corrected chi connectivity index (χ1v) is 11.9. The van der Waals surface area contributed by atoms with E-state index in [0.29, 0.717) is 17.7 Å². The molecule has 0 atom stereocenters. The molecule has 0 unspecified atom stereocenters. The number of ether oxygens (including phenoxy) is 1. The Morgan fingerprint density at radius 3 is 2.37 bits per heavy atom. The number of nitrogens with two attached hydrogens (primary N) is 1. The van der Waals surface area contributed by atoms with Crippen molar-refractivity contribution in [2.24, 2.45) is 10.8 Å². The fourth-order valence-electron chi connectivity index (χ4n) is 2.76. The summed E-state index contributed by atoms with van der Waals surface area (Å²) < 4.78 is 36.0. The molecule has 0 saturated carbocycles. The van der Waals surface area contributed by atoms with Gasteiger partial charge >= 0.3 is 22.1 Å². The molecule has 2 aromatic carbocycles. The summed E-state index contributed by atoms with van der Waals surface area (Å²) in [5, 5.41) is 21.5. The maximum absolute atomic E-state index is 12.6. The molecule has 2 rings (SSSR count). The van der Waals surface area contributed by atoms with Gasteiger partial charge in [-0.1, -0.05) is 23.7 Å². The number of rotatable bonds is 13. The van der Waals surface area contributed by atoms with Gasteiger partial charge in [0.2, 0.25) is 5.96 Å². The number of carboxylic acid groups (broad SMARTS) is 2. The summed E-state index contributed by atoms with van der Waals surface area (Å²) in [6, 6.07) is 10.6. The number of nitrogens with one attached hydrogen (secondary N) is 1. The van der Waals surface area contributed by atoms with E-state index in [1.54, 1.807) is 25.1 Å². The number of hydrogen-bond acceptors (Lipinski definition) is 8. The highest BCUT2D eigenvalue weighted by atomic mass is 35.5. The van der Waals surface area contributed by atoms with Gasteiger partial charge in [-0.15, -0.1) is 5.10 Å². The van der Waals surface area contributed by atoms with Crippen LogP contribution in [-0.2, 0) is 19.7 Å². The van der Waals surface area contributed by atoms with E-state index in [9.17, 15) is 18.0 Å². The van der Waals surface area contributed by atoms with Crippen molar-refractivity contribution in [1.29, 1.82) is 0 Å². The van der Waals surface area contributed by atoms with Gasteiger partial charge < -0.3 is 35.2 Å². The van der Waals surface area contributed by atoms with E-state index in [2.05, 4.69) is 10.5 Å². The van der Waals surface area contributed by atoms with Crippen molar-refractivity contribution in [3.8, 4) is 11.5 Å². The highest BCUT2D eigenvalue weighted by molar-refractivity contribution is 7.87. The predicted molar refractivity (Wildman–Crippen MR) is 127 cm³/mol. The zero-order valence-corrected chi connectivity index (χ0v) is 20.3. The Balaban J connectivity index is 1.90. The molecule has 0 aliphatic carbocycles. The van der Waals surface area contributed by atoms with Crippen molar-refractivity contribution in [2.45, 2.75) is 18.2 Å². The summed E-state index contributed by atoms with van der Waals surface area (Å²) in [6.45, 7) is 1.02. The molecular formula is C21H25ClN4O8S. The summed E-state index contributed by atoms with van der Waals surface area (Å²) in [6.07, 6.45) is 0.441. The monoisotopic (exact) mass is 528 g/mol. The molecule has 0 spiro atoms. The Bertz CT molecular complexity index is 1170. The Morgan fingerprint density at radius 2 is 1.74 bits per heavy atom. The molecule has 0 radical (unpaired) electrons. The Kier molecular flexibility index (Phi) is 9.97. The Hall–Kier alpha value is -3.71. The SMILES string of the molecule is Cc1cc(OCCCNN=C(N)N(CC(=O)O)CC(=O)O)cc(OS(=O)(=O)c2ccccc2Cl)c1. The van der Waals surface area contributed by atoms with Gasteiger partial charge in [0, 0.05) is 19.0 Å². The maximum Gasteiger partial charge on any atom is 0.340 e. The summed E-state index contributed by atoms with van der Waals surface area (Å²) in [4.78, 5) is 22.4. The topological polar surface area (TPSA) is 181 Å². The molecule has 14 heteroatoms. The van der Waals surface area contributed by atoms with Crippen molar-refractivity contribution < 1.29 is 37.1 Å². The lowest BCUT2D eigenvalue weighted by Gasteiger charge is -2.19. The number of carbonyl (C=O) groups is 2. The van der Waals surface area contributed by atoms with Gasteiger partial charge in [0.25, 0.3) is 0 Å². The third-order valence-corrected chi connectivity index (χ3v) is 5.96. The smallest absolute Gasteiger partial charge is 0.340 e. The van der Waals surface area contributed by atoms with Gasteiger partial charge in [-0.05, 0) is 36.8 Å². The van der Waals surface area contributed by atoms with Crippen molar-refractivity contribution in [1.82, 2.24) is 10.3 Å². The van der Waals surface area contributed by atoms with Crippen LogP contribution in [0.4, 0.5) is 0 Å². The fraction of sp³-hybridized carbons (Fsp3) is 0.286. The second-order valence-corrected chi connectivity index (χ2v) is 9.10. The van der Waals surface area contributed by atoms with Crippen LogP contribution in [0.3, 0.4) is 0 Å². The molecule has 0 fully saturated rings. The van der Waals surface area contributed by atoms with Crippen LogP contribution in [0.15, 0.2) is 52.5 Å². The van der Waals surface area contributed by atoms with Gasteiger partial charge in [-0.2, -0.15) is 8.42 Å². The molecule has 0 saturated heterocycles. The van der Waals surface area contributed by atoms with E-state index in [-0.39, 0.29) is 34.8 Å². The molecule has 0 heterocycles. The minimum absolute atomic E-state index is 0.0430. The highest BCUT2D eigenvalue weighted by Gasteiger charge is 2.20. The van der Waals surface area contributed by atoms with Crippen molar-refractivity contribution in [3.63, 3.8) is 0 Å². The predicted octanol–water partition coefficient (Wildman–Crippen LogP) is 1.48. The average molecular weight is 529 g/mol. The van der Waals surface area contributed by atoms with Crippen LogP contribution < -0.4 is 20.1 Å². The molecule has 0 amide bonds. The van der Waals surface area contributed by atoms with E-state index in [1.807, 2.05) is 0 Å². The van der Waals surface area contributed by atoms with E-state index >= 15 is 0 Å². The quantitative estimate of drug-likeness (QED) is 0.0971. The largest absolute Gasteiger partial charge is 0.493 e. The average Bonchev–Trinajstić information content (AvgIpc) is 2.74. The minimum Gasteiger partial charge on any atom is -0.493 e. The molecule has 0 aliphatic rings. The highest BCUT2D eigenvalue weighted by Crippen LogP contribution is 2.28. The van der Waals surface area contributed by atoms with Crippen LogP contribution in [0.5, 0.6) is 11.5 Å². The number of halogens is 1. The van der Waals surface area contributed by atoms with Crippen LogP contribution >= 0.6 is 11.6 Å². The first-order valence-electron chi connectivity index (χ1n) is 10.2. The van der Waals surface area contributed by atoms with E-state index in [0.717, 1.165) is 4.90 Å². The third kappa shape index (κ3) is 9.22. The molecule has 5 N–H and O–H groups in total. The van der Waals surface area contributed by atoms with Gasteiger partial charge in [0.15, 0.2) is 0 Å². The summed E-state index contributed by atoms with van der Waals surface area (Å²) in [5.74, 6) is -2.34. The summed E-state index contributed by atoms with van der Waals surface area (Å²) >= 11 is 5.97. The number of hydrazone groups is 1. The molecule has 0 aliphatic heterocycles. The number of carboxylic acids is 2. The van der Waals surface area contributed by atoms with Crippen LogP contribution in [-0.4, -0.2) is 67.7 Å². The van der Waals surface area contributed by atoms with E-state index in [4.69, 9.17) is 36.5 Å². The molecule has 12 nitrogen and oxygen atoms in total.